The lowest BCUT2D eigenvalue weighted by Gasteiger charge is -2.09. The zero-order valence-corrected chi connectivity index (χ0v) is 18.8. The molecule has 0 atom stereocenters. The Hall–Kier alpha value is -3.69. The molecule has 1 amide bonds. The summed E-state index contributed by atoms with van der Waals surface area (Å²) in [7, 11) is 0. The number of nitrogens with zero attached hydrogens (tertiary/aromatic N) is 4. The summed E-state index contributed by atoms with van der Waals surface area (Å²) in [4.78, 5) is 27.4. The molecule has 10 heteroatoms. The number of para-hydroxylation sites is 2. The van der Waals surface area contributed by atoms with Crippen molar-refractivity contribution in [2.45, 2.75) is 11.7 Å². The van der Waals surface area contributed by atoms with E-state index in [9.17, 15) is 14.9 Å². The van der Waals surface area contributed by atoms with Gasteiger partial charge in [0.2, 0.25) is 0 Å². The summed E-state index contributed by atoms with van der Waals surface area (Å²) in [5.41, 5.74) is 5.62. The minimum Gasteiger partial charge on any atom is -0.314 e. The van der Waals surface area contributed by atoms with Crippen LogP contribution in [0.4, 0.5) is 5.69 Å². The molecular weight excluding hydrogens is 462 g/mol. The first-order valence-corrected chi connectivity index (χ1v) is 11.3. The molecule has 8 nitrogen and oxygen atoms in total. The third-order valence-corrected chi connectivity index (χ3v) is 6.04. The number of nitro groups is 1. The maximum atomic E-state index is 12.3. The van der Waals surface area contributed by atoms with E-state index in [1.165, 1.54) is 36.2 Å². The Morgan fingerprint density at radius 1 is 1.15 bits per heavy atom. The number of hydrogen-bond acceptors (Lipinski definition) is 6. The summed E-state index contributed by atoms with van der Waals surface area (Å²) < 4.78 is 2.08. The van der Waals surface area contributed by atoms with Gasteiger partial charge in [-0.1, -0.05) is 65.8 Å². The van der Waals surface area contributed by atoms with Crippen molar-refractivity contribution in [3.05, 3.63) is 99.1 Å². The van der Waals surface area contributed by atoms with Gasteiger partial charge < -0.3 is 4.57 Å². The van der Waals surface area contributed by atoms with E-state index in [2.05, 4.69) is 20.1 Å². The summed E-state index contributed by atoms with van der Waals surface area (Å²) in [5.74, 6) is -0.242. The smallest absolute Gasteiger partial charge is 0.270 e. The number of hydrogen-bond donors (Lipinski definition) is 1. The van der Waals surface area contributed by atoms with Crippen molar-refractivity contribution in [1.29, 1.82) is 0 Å². The van der Waals surface area contributed by atoms with Crippen LogP contribution in [0, 0.1) is 10.1 Å². The van der Waals surface area contributed by atoms with Gasteiger partial charge in [0, 0.05) is 22.7 Å². The third-order valence-electron chi connectivity index (χ3n) is 4.72. The van der Waals surface area contributed by atoms with Crippen molar-refractivity contribution in [2.75, 3.05) is 5.75 Å². The molecule has 4 aromatic rings. The van der Waals surface area contributed by atoms with Crippen LogP contribution in [0.15, 0.2) is 83.1 Å². The number of carbonyl (C=O) groups is 1. The molecule has 0 saturated carbocycles. The second-order valence-corrected chi connectivity index (χ2v) is 8.35. The van der Waals surface area contributed by atoms with E-state index in [1.54, 1.807) is 0 Å². The summed E-state index contributed by atoms with van der Waals surface area (Å²) in [6, 6.07) is 21.9. The fourth-order valence-corrected chi connectivity index (χ4v) is 4.13. The van der Waals surface area contributed by atoms with Crippen LogP contribution < -0.4 is 5.43 Å². The molecular formula is C23H18ClN5O3S. The van der Waals surface area contributed by atoms with Crippen LogP contribution >= 0.6 is 23.4 Å². The highest BCUT2D eigenvalue weighted by atomic mass is 35.5. The number of hydrazone groups is 1. The summed E-state index contributed by atoms with van der Waals surface area (Å²) in [5, 5.41) is 15.8. The molecule has 166 valence electrons. The topological polar surface area (TPSA) is 102 Å². The van der Waals surface area contributed by atoms with E-state index in [0.29, 0.717) is 17.1 Å². The number of nitrogens with one attached hydrogen (secondary N) is 1. The molecule has 0 aliphatic heterocycles. The van der Waals surface area contributed by atoms with Crippen LogP contribution in [0.2, 0.25) is 5.02 Å². The highest BCUT2D eigenvalue weighted by molar-refractivity contribution is 7.99. The Morgan fingerprint density at radius 2 is 1.91 bits per heavy atom. The van der Waals surface area contributed by atoms with Gasteiger partial charge in [-0.05, 0) is 23.8 Å². The van der Waals surface area contributed by atoms with Gasteiger partial charge >= 0.3 is 0 Å². The number of rotatable bonds is 8. The summed E-state index contributed by atoms with van der Waals surface area (Å²) in [6.07, 6.45) is 1.28. The van der Waals surface area contributed by atoms with Crippen molar-refractivity contribution < 1.29 is 9.72 Å². The molecule has 4 rings (SSSR count). The van der Waals surface area contributed by atoms with Crippen LogP contribution in [0.3, 0.4) is 0 Å². The van der Waals surface area contributed by atoms with E-state index in [4.69, 9.17) is 11.6 Å². The largest absolute Gasteiger partial charge is 0.314 e. The Morgan fingerprint density at radius 3 is 2.70 bits per heavy atom. The first-order chi connectivity index (χ1) is 16.0. The number of aromatic nitrogens is 2. The molecule has 1 aromatic heterocycles. The molecule has 0 aliphatic rings. The molecule has 0 unspecified atom stereocenters. The number of benzene rings is 3. The Kier molecular flexibility index (Phi) is 7.01. The van der Waals surface area contributed by atoms with E-state index >= 15 is 0 Å². The monoisotopic (exact) mass is 479 g/mol. The van der Waals surface area contributed by atoms with E-state index in [0.717, 1.165) is 21.8 Å². The number of imidazole rings is 1. The maximum Gasteiger partial charge on any atom is 0.270 e. The quantitative estimate of drug-likeness (QED) is 0.168. The zero-order chi connectivity index (χ0) is 23.2. The molecule has 0 radical (unpaired) electrons. The molecule has 0 saturated heterocycles. The minimum absolute atomic E-state index is 0.0954. The lowest BCUT2D eigenvalue weighted by Crippen LogP contribution is -2.20. The number of halogens is 1. The number of nitro benzene ring substituents is 1. The van der Waals surface area contributed by atoms with Crippen LogP contribution in [0.25, 0.3) is 11.0 Å². The van der Waals surface area contributed by atoms with E-state index in [-0.39, 0.29) is 17.3 Å². The van der Waals surface area contributed by atoms with Crippen molar-refractivity contribution >= 4 is 52.2 Å². The fourth-order valence-electron chi connectivity index (χ4n) is 3.16. The first-order valence-electron chi connectivity index (χ1n) is 9.89. The predicted molar refractivity (Wildman–Crippen MR) is 130 cm³/mol. The van der Waals surface area contributed by atoms with Crippen LogP contribution in [0.5, 0.6) is 0 Å². The van der Waals surface area contributed by atoms with Crippen molar-refractivity contribution in [1.82, 2.24) is 15.0 Å². The Bertz CT molecular complexity index is 1340. The van der Waals surface area contributed by atoms with Gasteiger partial charge in [0.1, 0.15) is 0 Å². The summed E-state index contributed by atoms with van der Waals surface area (Å²) in [6.45, 7) is 0.634. The lowest BCUT2D eigenvalue weighted by molar-refractivity contribution is -0.384. The van der Waals surface area contributed by atoms with Gasteiger partial charge in [-0.3, -0.25) is 14.9 Å². The highest BCUT2D eigenvalue weighted by Gasteiger charge is 2.13. The third kappa shape index (κ3) is 5.57. The Balaban J connectivity index is 1.44. The minimum atomic E-state index is -0.523. The van der Waals surface area contributed by atoms with Gasteiger partial charge in [-0.2, -0.15) is 5.10 Å². The first kappa shape index (κ1) is 22.5. The van der Waals surface area contributed by atoms with Gasteiger partial charge in [0.15, 0.2) is 5.16 Å². The number of fused-ring (bicyclic) bond motifs is 1. The lowest BCUT2D eigenvalue weighted by atomic mass is 10.2. The van der Waals surface area contributed by atoms with Crippen LogP contribution in [-0.4, -0.2) is 32.3 Å². The van der Waals surface area contributed by atoms with Crippen molar-refractivity contribution in [3.63, 3.8) is 0 Å². The molecule has 0 fully saturated rings. The van der Waals surface area contributed by atoms with Gasteiger partial charge in [0.05, 0.1) is 34.5 Å². The average Bonchev–Trinajstić information content (AvgIpc) is 3.17. The highest BCUT2D eigenvalue weighted by Crippen LogP contribution is 2.25. The van der Waals surface area contributed by atoms with Crippen LogP contribution in [-0.2, 0) is 11.3 Å². The molecule has 0 bridgehead atoms. The van der Waals surface area contributed by atoms with Crippen LogP contribution in [0.1, 0.15) is 11.1 Å². The predicted octanol–water partition coefficient (Wildman–Crippen LogP) is 4.89. The zero-order valence-electron chi connectivity index (χ0n) is 17.2. The number of non-ortho nitro benzene ring substituents is 1. The second-order valence-electron chi connectivity index (χ2n) is 7.00. The molecule has 33 heavy (non-hydrogen) atoms. The van der Waals surface area contributed by atoms with Gasteiger partial charge in [-0.15, -0.1) is 0 Å². The molecule has 0 aliphatic carbocycles. The molecule has 3 aromatic carbocycles. The Labute approximate surface area is 198 Å². The normalized spacial score (nSPS) is 11.2. The molecule has 0 spiro atoms. The van der Waals surface area contributed by atoms with Gasteiger partial charge in [0.25, 0.3) is 11.6 Å². The molecule has 1 N–H and O–H groups in total. The fraction of sp³-hybridized carbons (Fsp3) is 0.0870. The van der Waals surface area contributed by atoms with Gasteiger partial charge in [-0.25, -0.2) is 10.4 Å². The average molecular weight is 480 g/mol. The maximum absolute atomic E-state index is 12.3. The standard InChI is InChI=1S/C23H18ClN5O3S/c24-19-11-10-18(29(31)32)12-17(19)13-25-27-22(30)15-33-23-26-20-8-4-5-9-21(20)28(23)14-16-6-2-1-3-7-16/h1-13H,14-15H2,(H,27,30)/b25-13+. The van der Waals surface area contributed by atoms with Crippen molar-refractivity contribution in [2.24, 2.45) is 5.10 Å². The summed E-state index contributed by atoms with van der Waals surface area (Å²) >= 11 is 7.34. The molecule has 1 heterocycles. The van der Waals surface area contributed by atoms with E-state index in [1.807, 2.05) is 54.6 Å². The number of thioether (sulfide) groups is 1. The van der Waals surface area contributed by atoms with E-state index < -0.39 is 4.92 Å². The SMILES string of the molecule is O=C(CSc1nc2ccccc2n1Cc1ccccc1)N/N=C/c1cc([N+](=O)[O-])ccc1Cl. The van der Waals surface area contributed by atoms with Crippen molar-refractivity contribution in [3.8, 4) is 0 Å². The second kappa shape index (κ2) is 10.3. The number of carbonyl (C=O) groups excluding carboxylic acids is 1. The number of amides is 1.